The molecule has 1 aromatic carbocycles. The monoisotopic (exact) mass is 295 g/mol. The van der Waals surface area contributed by atoms with Gasteiger partial charge in [0.1, 0.15) is 11.9 Å². The summed E-state index contributed by atoms with van der Waals surface area (Å²) < 4.78 is 10.7. The van der Waals surface area contributed by atoms with Crippen LogP contribution in [0.1, 0.15) is 36.6 Å². The number of nitrogens with zero attached hydrogens (tertiary/aromatic N) is 2. The van der Waals surface area contributed by atoms with E-state index in [0.29, 0.717) is 23.8 Å². The van der Waals surface area contributed by atoms with Crippen LogP contribution in [0.15, 0.2) is 30.3 Å². The van der Waals surface area contributed by atoms with E-state index in [-0.39, 0.29) is 6.79 Å². The summed E-state index contributed by atoms with van der Waals surface area (Å²) in [6.45, 7) is 4.99. The number of hydrogen-bond donors (Lipinski definition) is 1. The van der Waals surface area contributed by atoms with Crippen LogP contribution in [0.3, 0.4) is 0 Å². The lowest BCUT2D eigenvalue weighted by molar-refractivity contribution is 0.174. The van der Waals surface area contributed by atoms with Gasteiger partial charge in [-0.05, 0) is 35.7 Å². The lowest BCUT2D eigenvalue weighted by Crippen LogP contribution is -2.06. The van der Waals surface area contributed by atoms with Crippen molar-refractivity contribution in [1.82, 2.24) is 4.98 Å². The molecule has 112 valence electrons. The van der Waals surface area contributed by atoms with Crippen LogP contribution in [0.2, 0.25) is 0 Å². The molecular weight excluding hydrogens is 278 g/mol. The first-order chi connectivity index (χ1) is 10.7. The predicted octanol–water partition coefficient (Wildman–Crippen LogP) is 3.42. The molecule has 1 aliphatic rings. The fourth-order valence-electron chi connectivity index (χ4n) is 2.26. The average molecular weight is 295 g/mol. The third-order valence-corrected chi connectivity index (χ3v) is 3.53. The summed E-state index contributed by atoms with van der Waals surface area (Å²) in [6, 6.07) is 11.7. The van der Waals surface area contributed by atoms with Gasteiger partial charge in [0.05, 0.1) is 5.56 Å². The molecule has 0 fully saturated rings. The van der Waals surface area contributed by atoms with E-state index >= 15 is 0 Å². The number of anilines is 1. The van der Waals surface area contributed by atoms with Crippen LogP contribution in [0, 0.1) is 11.3 Å². The Labute approximate surface area is 129 Å². The van der Waals surface area contributed by atoms with Gasteiger partial charge in [-0.2, -0.15) is 5.26 Å². The molecule has 0 unspecified atom stereocenters. The summed E-state index contributed by atoms with van der Waals surface area (Å²) in [4.78, 5) is 4.54. The number of hydrogen-bond acceptors (Lipinski definition) is 5. The minimum Gasteiger partial charge on any atom is -0.454 e. The highest BCUT2D eigenvalue weighted by Crippen LogP contribution is 2.32. The SMILES string of the molecule is CC(C)c1ccc(C#N)c(NCc2ccc3c(c2)OCO3)n1. The fraction of sp³-hybridized carbons (Fsp3) is 0.294. The molecule has 2 aromatic rings. The summed E-state index contributed by atoms with van der Waals surface area (Å²) in [5, 5.41) is 12.4. The van der Waals surface area contributed by atoms with Crippen LogP contribution < -0.4 is 14.8 Å². The zero-order valence-corrected chi connectivity index (χ0v) is 12.6. The molecular formula is C17H17N3O2. The number of pyridine rings is 1. The Bertz CT molecular complexity index is 735. The van der Waals surface area contributed by atoms with Crippen molar-refractivity contribution in [3.8, 4) is 17.6 Å². The Morgan fingerprint density at radius 1 is 1.23 bits per heavy atom. The molecule has 2 heterocycles. The molecule has 0 saturated heterocycles. The van der Waals surface area contributed by atoms with E-state index in [0.717, 1.165) is 22.8 Å². The van der Waals surface area contributed by atoms with Crippen LogP contribution in [0.25, 0.3) is 0 Å². The van der Waals surface area contributed by atoms with Gasteiger partial charge in [-0.25, -0.2) is 4.98 Å². The normalized spacial score (nSPS) is 12.3. The molecule has 1 N–H and O–H groups in total. The third kappa shape index (κ3) is 2.82. The van der Waals surface area contributed by atoms with Crippen molar-refractivity contribution in [3.05, 3.63) is 47.2 Å². The minimum absolute atomic E-state index is 0.267. The second kappa shape index (κ2) is 5.94. The standard InChI is InChI=1S/C17H17N3O2/c1-11(2)14-5-4-13(8-18)17(20-14)19-9-12-3-6-15-16(7-12)22-10-21-15/h3-7,11H,9-10H2,1-2H3,(H,19,20). The van der Waals surface area contributed by atoms with E-state index < -0.39 is 0 Å². The first-order valence-electron chi connectivity index (χ1n) is 7.21. The second-order valence-corrected chi connectivity index (χ2v) is 5.44. The Kier molecular flexibility index (Phi) is 3.84. The maximum Gasteiger partial charge on any atom is 0.231 e. The van der Waals surface area contributed by atoms with Crippen molar-refractivity contribution in [3.63, 3.8) is 0 Å². The number of fused-ring (bicyclic) bond motifs is 1. The smallest absolute Gasteiger partial charge is 0.231 e. The van der Waals surface area contributed by atoms with Crippen molar-refractivity contribution in [2.24, 2.45) is 0 Å². The van der Waals surface area contributed by atoms with Crippen LogP contribution in [-0.4, -0.2) is 11.8 Å². The molecule has 0 atom stereocenters. The molecule has 1 aromatic heterocycles. The van der Waals surface area contributed by atoms with Crippen LogP contribution in [0.5, 0.6) is 11.5 Å². The van der Waals surface area contributed by atoms with Crippen molar-refractivity contribution in [2.75, 3.05) is 12.1 Å². The molecule has 5 nitrogen and oxygen atoms in total. The lowest BCUT2D eigenvalue weighted by Gasteiger charge is -2.11. The first-order valence-corrected chi connectivity index (χ1v) is 7.21. The van der Waals surface area contributed by atoms with Gasteiger partial charge in [0, 0.05) is 12.2 Å². The highest BCUT2D eigenvalue weighted by atomic mass is 16.7. The molecule has 0 saturated carbocycles. The molecule has 22 heavy (non-hydrogen) atoms. The maximum atomic E-state index is 9.21. The molecule has 1 aliphatic heterocycles. The molecule has 0 bridgehead atoms. The third-order valence-electron chi connectivity index (χ3n) is 3.53. The van der Waals surface area contributed by atoms with E-state index in [1.54, 1.807) is 0 Å². The van der Waals surface area contributed by atoms with Gasteiger partial charge in [-0.15, -0.1) is 0 Å². The van der Waals surface area contributed by atoms with Crippen molar-refractivity contribution < 1.29 is 9.47 Å². The predicted molar refractivity (Wildman–Crippen MR) is 82.9 cm³/mol. The molecule has 0 spiro atoms. The average Bonchev–Trinajstić information content (AvgIpc) is 3.00. The summed E-state index contributed by atoms with van der Waals surface area (Å²) in [7, 11) is 0. The molecule has 3 rings (SSSR count). The summed E-state index contributed by atoms with van der Waals surface area (Å²) in [5.74, 6) is 2.45. The molecule has 5 heteroatoms. The van der Waals surface area contributed by atoms with Gasteiger partial charge in [-0.3, -0.25) is 0 Å². The zero-order chi connectivity index (χ0) is 15.5. The van der Waals surface area contributed by atoms with Gasteiger partial charge in [0.25, 0.3) is 0 Å². The van der Waals surface area contributed by atoms with Crippen molar-refractivity contribution in [2.45, 2.75) is 26.3 Å². The van der Waals surface area contributed by atoms with E-state index in [2.05, 4.69) is 30.2 Å². The van der Waals surface area contributed by atoms with E-state index in [4.69, 9.17) is 9.47 Å². The number of nitriles is 1. The van der Waals surface area contributed by atoms with Gasteiger partial charge < -0.3 is 14.8 Å². The van der Waals surface area contributed by atoms with Crippen molar-refractivity contribution >= 4 is 5.82 Å². The van der Waals surface area contributed by atoms with Crippen molar-refractivity contribution in [1.29, 1.82) is 5.26 Å². The number of aromatic nitrogens is 1. The molecule has 0 radical (unpaired) electrons. The highest BCUT2D eigenvalue weighted by Gasteiger charge is 2.13. The Morgan fingerprint density at radius 2 is 2.05 bits per heavy atom. The van der Waals surface area contributed by atoms with Crippen LogP contribution in [0.4, 0.5) is 5.82 Å². The van der Waals surface area contributed by atoms with Crippen LogP contribution >= 0.6 is 0 Å². The Morgan fingerprint density at radius 3 is 2.82 bits per heavy atom. The lowest BCUT2D eigenvalue weighted by atomic mass is 10.1. The largest absolute Gasteiger partial charge is 0.454 e. The molecule has 0 amide bonds. The topological polar surface area (TPSA) is 67.2 Å². The number of rotatable bonds is 4. The van der Waals surface area contributed by atoms with Gasteiger partial charge in [0.2, 0.25) is 6.79 Å². The summed E-state index contributed by atoms with van der Waals surface area (Å²) >= 11 is 0. The Hall–Kier alpha value is -2.74. The van der Waals surface area contributed by atoms with E-state index in [1.165, 1.54) is 0 Å². The number of nitrogens with one attached hydrogen (secondary N) is 1. The maximum absolute atomic E-state index is 9.21. The number of benzene rings is 1. The minimum atomic E-state index is 0.267. The summed E-state index contributed by atoms with van der Waals surface area (Å²) in [6.07, 6.45) is 0. The van der Waals surface area contributed by atoms with E-state index in [1.807, 2.05) is 30.3 Å². The highest BCUT2D eigenvalue weighted by molar-refractivity contribution is 5.53. The quantitative estimate of drug-likeness (QED) is 0.936. The fourth-order valence-corrected chi connectivity index (χ4v) is 2.26. The first kappa shape index (κ1) is 14.2. The summed E-state index contributed by atoms with van der Waals surface area (Å²) in [5.41, 5.74) is 2.56. The van der Waals surface area contributed by atoms with Gasteiger partial charge in [0.15, 0.2) is 11.5 Å². The zero-order valence-electron chi connectivity index (χ0n) is 12.6. The van der Waals surface area contributed by atoms with Gasteiger partial charge in [-0.1, -0.05) is 19.9 Å². The Balaban J connectivity index is 1.78. The second-order valence-electron chi connectivity index (χ2n) is 5.44. The van der Waals surface area contributed by atoms with Gasteiger partial charge >= 0.3 is 0 Å². The van der Waals surface area contributed by atoms with Crippen LogP contribution in [-0.2, 0) is 6.54 Å². The van der Waals surface area contributed by atoms with E-state index in [9.17, 15) is 5.26 Å². The molecule has 0 aliphatic carbocycles. The number of ether oxygens (including phenoxy) is 2.